The molecule has 0 unspecified atom stereocenters. The first-order valence-corrected chi connectivity index (χ1v) is 6.10. The summed E-state index contributed by atoms with van der Waals surface area (Å²) in [6.07, 6.45) is 0.838. The van der Waals surface area contributed by atoms with Crippen LogP contribution in [0.25, 0.3) is 0 Å². The summed E-state index contributed by atoms with van der Waals surface area (Å²) < 4.78 is 0. The van der Waals surface area contributed by atoms with Crippen LogP contribution in [-0.4, -0.2) is 11.7 Å². The molecular formula is C14H15ClN2O. The molecule has 2 aromatic rings. The van der Waals surface area contributed by atoms with Gasteiger partial charge in [0.1, 0.15) is 5.75 Å². The minimum Gasteiger partial charge on any atom is -0.508 e. The monoisotopic (exact) mass is 262 g/mol. The molecule has 0 spiro atoms. The minimum absolute atomic E-state index is 0.280. The molecule has 0 saturated heterocycles. The van der Waals surface area contributed by atoms with Crippen molar-refractivity contribution in [2.45, 2.75) is 6.42 Å². The standard InChI is InChI=1S/C14H15ClN2O/c15-12-2-1-3-13(16)14(12)17-9-8-10-4-6-11(18)7-5-10/h1-7,17-18H,8-9,16H2. The third-order valence-electron chi connectivity index (χ3n) is 2.70. The number of aromatic hydroxyl groups is 1. The van der Waals surface area contributed by atoms with Gasteiger partial charge >= 0.3 is 0 Å². The molecule has 0 aliphatic carbocycles. The maximum atomic E-state index is 9.18. The van der Waals surface area contributed by atoms with Crippen molar-refractivity contribution in [3.05, 3.63) is 53.1 Å². The molecule has 4 heteroatoms. The van der Waals surface area contributed by atoms with Gasteiger partial charge < -0.3 is 16.2 Å². The Hall–Kier alpha value is -1.87. The Morgan fingerprint density at radius 3 is 2.50 bits per heavy atom. The van der Waals surface area contributed by atoms with E-state index in [-0.39, 0.29) is 5.75 Å². The van der Waals surface area contributed by atoms with Gasteiger partial charge in [-0.2, -0.15) is 0 Å². The number of phenols is 1. The molecule has 4 N–H and O–H groups in total. The normalized spacial score (nSPS) is 10.3. The van der Waals surface area contributed by atoms with Gasteiger partial charge in [0.2, 0.25) is 0 Å². The first kappa shape index (κ1) is 12.6. The lowest BCUT2D eigenvalue weighted by atomic mass is 10.1. The molecule has 0 aliphatic rings. The second kappa shape index (κ2) is 5.65. The van der Waals surface area contributed by atoms with E-state index in [1.807, 2.05) is 24.3 Å². The van der Waals surface area contributed by atoms with Gasteiger partial charge in [0.05, 0.1) is 16.4 Å². The molecule has 94 valence electrons. The quantitative estimate of drug-likeness (QED) is 0.741. The van der Waals surface area contributed by atoms with Crippen molar-refractivity contribution < 1.29 is 5.11 Å². The number of hydrogen-bond donors (Lipinski definition) is 3. The summed E-state index contributed by atoms with van der Waals surface area (Å²) in [5, 5.41) is 13.0. The molecule has 0 amide bonds. The van der Waals surface area contributed by atoms with Crippen LogP contribution in [0.5, 0.6) is 5.75 Å². The van der Waals surface area contributed by atoms with E-state index in [0.717, 1.165) is 24.2 Å². The molecule has 0 saturated carbocycles. The second-order valence-corrected chi connectivity index (χ2v) is 4.45. The maximum absolute atomic E-state index is 9.18. The van der Waals surface area contributed by atoms with E-state index in [4.69, 9.17) is 17.3 Å². The van der Waals surface area contributed by atoms with Crippen LogP contribution in [0.4, 0.5) is 11.4 Å². The van der Waals surface area contributed by atoms with E-state index in [1.54, 1.807) is 18.2 Å². The molecule has 2 aromatic carbocycles. The van der Waals surface area contributed by atoms with Crippen molar-refractivity contribution in [2.75, 3.05) is 17.6 Å². The number of nitrogens with one attached hydrogen (secondary N) is 1. The Labute approximate surface area is 111 Å². The first-order valence-electron chi connectivity index (χ1n) is 5.72. The fraction of sp³-hybridized carbons (Fsp3) is 0.143. The van der Waals surface area contributed by atoms with Crippen LogP contribution >= 0.6 is 11.6 Å². The van der Waals surface area contributed by atoms with Crippen LogP contribution < -0.4 is 11.1 Å². The van der Waals surface area contributed by atoms with Gasteiger partial charge in [0, 0.05) is 6.54 Å². The van der Waals surface area contributed by atoms with Gasteiger partial charge in [0.25, 0.3) is 0 Å². The number of phenolic OH excluding ortho intramolecular Hbond substituents is 1. The molecule has 0 heterocycles. The highest BCUT2D eigenvalue weighted by Gasteiger charge is 2.03. The van der Waals surface area contributed by atoms with Gasteiger partial charge in [0.15, 0.2) is 0 Å². The van der Waals surface area contributed by atoms with Crippen molar-refractivity contribution in [3.63, 3.8) is 0 Å². The molecule has 2 rings (SSSR count). The predicted octanol–water partition coefficient (Wildman–Crippen LogP) is 3.28. The highest BCUT2D eigenvalue weighted by molar-refractivity contribution is 6.33. The summed E-state index contributed by atoms with van der Waals surface area (Å²) in [5.41, 5.74) is 8.41. The van der Waals surface area contributed by atoms with Gasteiger partial charge in [-0.05, 0) is 36.2 Å². The van der Waals surface area contributed by atoms with E-state index in [1.165, 1.54) is 0 Å². The Kier molecular flexibility index (Phi) is 3.95. The lowest BCUT2D eigenvalue weighted by Gasteiger charge is -2.11. The summed E-state index contributed by atoms with van der Waals surface area (Å²) >= 11 is 6.06. The zero-order valence-corrected chi connectivity index (χ0v) is 10.6. The topological polar surface area (TPSA) is 58.3 Å². The Balaban J connectivity index is 1.94. The third kappa shape index (κ3) is 3.08. The van der Waals surface area contributed by atoms with Crippen molar-refractivity contribution in [2.24, 2.45) is 0 Å². The van der Waals surface area contributed by atoms with Crippen LogP contribution in [0.1, 0.15) is 5.56 Å². The molecule has 18 heavy (non-hydrogen) atoms. The fourth-order valence-corrected chi connectivity index (χ4v) is 1.97. The van der Waals surface area contributed by atoms with E-state index in [2.05, 4.69) is 5.32 Å². The highest BCUT2D eigenvalue weighted by atomic mass is 35.5. The van der Waals surface area contributed by atoms with Crippen LogP contribution in [0.15, 0.2) is 42.5 Å². The van der Waals surface area contributed by atoms with Crippen LogP contribution in [0.3, 0.4) is 0 Å². The lowest BCUT2D eigenvalue weighted by Crippen LogP contribution is -2.07. The SMILES string of the molecule is Nc1cccc(Cl)c1NCCc1ccc(O)cc1. The Bertz CT molecular complexity index is 506. The summed E-state index contributed by atoms with van der Waals surface area (Å²) in [5.74, 6) is 0.280. The maximum Gasteiger partial charge on any atom is 0.115 e. The zero-order chi connectivity index (χ0) is 13.0. The molecule has 3 nitrogen and oxygen atoms in total. The number of nitrogens with two attached hydrogens (primary N) is 1. The summed E-state index contributed by atoms with van der Waals surface area (Å²) in [4.78, 5) is 0. The van der Waals surface area contributed by atoms with Gasteiger partial charge in [-0.25, -0.2) is 0 Å². The predicted molar refractivity (Wildman–Crippen MR) is 76.2 cm³/mol. The molecule has 0 radical (unpaired) electrons. The van der Waals surface area contributed by atoms with Crippen LogP contribution in [-0.2, 0) is 6.42 Å². The van der Waals surface area contributed by atoms with Crippen LogP contribution in [0, 0.1) is 0 Å². The van der Waals surface area contributed by atoms with E-state index >= 15 is 0 Å². The first-order chi connectivity index (χ1) is 8.66. The largest absolute Gasteiger partial charge is 0.508 e. The fourth-order valence-electron chi connectivity index (χ4n) is 1.72. The number of rotatable bonds is 4. The number of hydrogen-bond acceptors (Lipinski definition) is 3. The summed E-state index contributed by atoms with van der Waals surface area (Å²) in [6.45, 7) is 0.735. The zero-order valence-electron chi connectivity index (χ0n) is 9.86. The van der Waals surface area contributed by atoms with Crippen molar-refractivity contribution in [1.82, 2.24) is 0 Å². The minimum atomic E-state index is 0.280. The summed E-state index contributed by atoms with van der Waals surface area (Å²) in [7, 11) is 0. The van der Waals surface area contributed by atoms with E-state index in [9.17, 15) is 5.11 Å². The smallest absolute Gasteiger partial charge is 0.115 e. The molecule has 0 aliphatic heterocycles. The van der Waals surface area contributed by atoms with Gasteiger partial charge in [-0.1, -0.05) is 29.8 Å². The number of halogens is 1. The van der Waals surface area contributed by atoms with E-state index < -0.39 is 0 Å². The highest BCUT2D eigenvalue weighted by Crippen LogP contribution is 2.27. The van der Waals surface area contributed by atoms with Gasteiger partial charge in [-0.3, -0.25) is 0 Å². The Morgan fingerprint density at radius 1 is 1.11 bits per heavy atom. The molecule has 0 aromatic heterocycles. The average Bonchev–Trinajstić information content (AvgIpc) is 2.35. The Morgan fingerprint density at radius 2 is 1.83 bits per heavy atom. The molecule has 0 bridgehead atoms. The number of benzene rings is 2. The third-order valence-corrected chi connectivity index (χ3v) is 3.01. The number of para-hydroxylation sites is 1. The summed E-state index contributed by atoms with van der Waals surface area (Å²) in [6, 6.07) is 12.6. The molecular weight excluding hydrogens is 248 g/mol. The molecule has 0 fully saturated rings. The number of anilines is 2. The van der Waals surface area contributed by atoms with Crippen LogP contribution in [0.2, 0.25) is 5.02 Å². The number of nitrogen functional groups attached to an aromatic ring is 1. The van der Waals surface area contributed by atoms with Gasteiger partial charge in [-0.15, -0.1) is 0 Å². The molecule has 0 atom stereocenters. The lowest BCUT2D eigenvalue weighted by molar-refractivity contribution is 0.475. The van der Waals surface area contributed by atoms with Crippen molar-refractivity contribution >= 4 is 23.0 Å². The second-order valence-electron chi connectivity index (χ2n) is 4.05. The average molecular weight is 263 g/mol. The van der Waals surface area contributed by atoms with Crippen molar-refractivity contribution in [1.29, 1.82) is 0 Å². The van der Waals surface area contributed by atoms with Crippen molar-refractivity contribution in [3.8, 4) is 5.75 Å². The van der Waals surface area contributed by atoms with E-state index in [0.29, 0.717) is 10.7 Å².